The molecule has 0 saturated carbocycles. The number of nitrogens with two attached hydrogens (primary N) is 2. The van der Waals surface area contributed by atoms with Gasteiger partial charge in [0.05, 0.1) is 10.6 Å². The van der Waals surface area contributed by atoms with E-state index in [0.717, 1.165) is 24.0 Å². The predicted octanol–water partition coefficient (Wildman–Crippen LogP) is 4.00. The predicted molar refractivity (Wildman–Crippen MR) is 111 cm³/mol. The van der Waals surface area contributed by atoms with Crippen LogP contribution in [0, 0.1) is 5.41 Å². The Bertz CT molecular complexity index is 1040. The quantitative estimate of drug-likeness (QED) is 0.357. The molecule has 6 heteroatoms. The number of ether oxygens (including phenoxy) is 1. The highest BCUT2D eigenvalue weighted by Gasteiger charge is 2.27. The Morgan fingerprint density at radius 2 is 1.71 bits per heavy atom. The lowest BCUT2D eigenvalue weighted by molar-refractivity contribution is -0.540. The summed E-state index contributed by atoms with van der Waals surface area (Å²) in [5, 5.41) is 9.04. The van der Waals surface area contributed by atoms with Gasteiger partial charge in [-0.15, -0.1) is 0 Å². The number of benzene rings is 2. The van der Waals surface area contributed by atoms with E-state index >= 15 is 0 Å². The number of nitrogens with one attached hydrogen (secondary N) is 1. The highest BCUT2D eigenvalue weighted by Crippen LogP contribution is 2.37. The third kappa shape index (κ3) is 3.46. The van der Waals surface area contributed by atoms with Gasteiger partial charge in [0.25, 0.3) is 5.84 Å². The molecule has 0 fully saturated rings. The smallest absolute Gasteiger partial charge is 0.268 e. The summed E-state index contributed by atoms with van der Waals surface area (Å²) in [7, 11) is 0. The van der Waals surface area contributed by atoms with Crippen molar-refractivity contribution >= 4 is 23.3 Å². The van der Waals surface area contributed by atoms with Gasteiger partial charge in [0, 0.05) is 12.1 Å². The first kappa shape index (κ1) is 18.5. The number of fused-ring (bicyclic) bond motifs is 1. The summed E-state index contributed by atoms with van der Waals surface area (Å²) in [5.74, 6) is 1.27. The average Bonchev–Trinajstić information content (AvgIpc) is 2.71. The van der Waals surface area contributed by atoms with E-state index in [4.69, 9.17) is 33.2 Å². The van der Waals surface area contributed by atoms with Crippen LogP contribution < -0.4 is 20.8 Å². The van der Waals surface area contributed by atoms with E-state index in [9.17, 15) is 0 Å². The highest BCUT2D eigenvalue weighted by molar-refractivity contribution is 6.33. The molecule has 0 spiro atoms. The number of aromatic nitrogens is 1. The Labute approximate surface area is 169 Å². The fraction of sp³-hybridized carbons (Fsp3) is 0.182. The van der Waals surface area contributed by atoms with Gasteiger partial charge < -0.3 is 16.2 Å². The number of nitrogen functional groups attached to an aromatic ring is 1. The van der Waals surface area contributed by atoms with Gasteiger partial charge in [-0.3, -0.25) is 0 Å². The number of hydrogen-bond acceptors (Lipinski definition) is 4. The molecule has 1 aliphatic rings. The maximum Gasteiger partial charge on any atom is 0.268 e. The summed E-state index contributed by atoms with van der Waals surface area (Å²) in [6, 6.07) is 19.0. The molecule has 2 unspecified atom stereocenters. The second-order valence-electron chi connectivity index (χ2n) is 6.91. The van der Waals surface area contributed by atoms with Crippen LogP contribution in [0.4, 0.5) is 5.82 Å². The van der Waals surface area contributed by atoms with Crippen molar-refractivity contribution in [3.05, 3.63) is 88.6 Å². The number of rotatable bonds is 3. The Balaban J connectivity index is 1.64. The molecular weight excluding hydrogens is 372 g/mol. The largest absolute Gasteiger partial charge is 0.483 e. The first-order valence-corrected chi connectivity index (χ1v) is 9.58. The standard InChI is InChI=1S/C22H21ClN4O/c23-18-8-4-3-7-17(18)22(26)27-13-14(9-12-21(27)25)28-20-11-10-19(24)15-5-1-2-6-16(15)20/h1-9,12-13,19-20,25-26H,10-11,24H2/p+1. The molecule has 1 aliphatic carbocycles. The van der Waals surface area contributed by atoms with Crippen LogP contribution in [-0.2, 0) is 0 Å². The topological polar surface area (TPSA) is 89.0 Å². The number of nitrogens with zero attached hydrogens (tertiary/aromatic N) is 1. The normalized spacial score (nSPS) is 18.4. The fourth-order valence-corrected chi connectivity index (χ4v) is 3.83. The number of halogens is 1. The summed E-state index contributed by atoms with van der Waals surface area (Å²) < 4.78 is 7.86. The lowest BCUT2D eigenvalue weighted by Crippen LogP contribution is -2.45. The van der Waals surface area contributed by atoms with E-state index in [1.54, 1.807) is 29.0 Å². The van der Waals surface area contributed by atoms with Gasteiger partial charge in [0.15, 0.2) is 5.75 Å². The molecule has 2 atom stereocenters. The first-order chi connectivity index (χ1) is 13.5. The molecular formula is C22H22ClN4O+. The molecule has 3 aromatic rings. The van der Waals surface area contributed by atoms with Crippen molar-refractivity contribution in [2.45, 2.75) is 25.0 Å². The van der Waals surface area contributed by atoms with Crippen LogP contribution in [0.15, 0.2) is 66.9 Å². The molecule has 5 nitrogen and oxygen atoms in total. The SMILES string of the molecule is N=C(c1ccccc1Cl)[n+]1cc(OC2CCC(N)c3ccccc32)ccc1N. The minimum Gasteiger partial charge on any atom is -0.483 e. The van der Waals surface area contributed by atoms with Crippen LogP contribution >= 0.6 is 11.6 Å². The zero-order chi connectivity index (χ0) is 19.7. The molecule has 0 saturated heterocycles. The number of anilines is 1. The molecule has 0 amide bonds. The maximum atomic E-state index is 8.54. The summed E-state index contributed by atoms with van der Waals surface area (Å²) in [6.07, 6.45) is 3.36. The molecule has 0 aliphatic heterocycles. The van der Waals surface area contributed by atoms with Crippen molar-refractivity contribution in [3.8, 4) is 5.75 Å². The third-order valence-electron chi connectivity index (χ3n) is 5.08. The first-order valence-electron chi connectivity index (χ1n) is 9.20. The number of hydrogen-bond donors (Lipinski definition) is 3. The van der Waals surface area contributed by atoms with E-state index in [0.29, 0.717) is 22.2 Å². The van der Waals surface area contributed by atoms with E-state index in [-0.39, 0.29) is 18.0 Å². The molecule has 1 aromatic heterocycles. The Morgan fingerprint density at radius 1 is 1.00 bits per heavy atom. The zero-order valence-electron chi connectivity index (χ0n) is 15.3. The second kappa shape index (κ2) is 7.62. The molecule has 1 heterocycles. The van der Waals surface area contributed by atoms with Crippen LogP contribution in [0.1, 0.15) is 41.7 Å². The molecule has 28 heavy (non-hydrogen) atoms. The van der Waals surface area contributed by atoms with E-state index in [2.05, 4.69) is 12.1 Å². The van der Waals surface area contributed by atoms with Gasteiger partial charge in [-0.1, -0.05) is 48.0 Å². The fourth-order valence-electron chi connectivity index (χ4n) is 3.61. The van der Waals surface area contributed by atoms with Crippen LogP contribution in [0.2, 0.25) is 5.02 Å². The molecule has 5 N–H and O–H groups in total. The lowest BCUT2D eigenvalue weighted by Gasteiger charge is -2.29. The second-order valence-corrected chi connectivity index (χ2v) is 7.31. The van der Waals surface area contributed by atoms with Gasteiger partial charge in [-0.05, 0) is 42.2 Å². The van der Waals surface area contributed by atoms with E-state index in [1.165, 1.54) is 0 Å². The zero-order valence-corrected chi connectivity index (χ0v) is 16.1. The van der Waals surface area contributed by atoms with E-state index < -0.39 is 0 Å². The summed E-state index contributed by atoms with van der Waals surface area (Å²) >= 11 is 6.25. The van der Waals surface area contributed by atoms with Gasteiger partial charge >= 0.3 is 0 Å². The summed E-state index contributed by atoms with van der Waals surface area (Å²) in [4.78, 5) is 0. The summed E-state index contributed by atoms with van der Waals surface area (Å²) in [6.45, 7) is 0. The van der Waals surface area contributed by atoms with E-state index in [1.807, 2.05) is 30.3 Å². The van der Waals surface area contributed by atoms with Crippen molar-refractivity contribution in [2.75, 3.05) is 5.73 Å². The van der Waals surface area contributed by atoms with Crippen molar-refractivity contribution in [1.29, 1.82) is 5.41 Å². The molecule has 0 radical (unpaired) electrons. The van der Waals surface area contributed by atoms with Gasteiger partial charge in [0.1, 0.15) is 12.3 Å². The van der Waals surface area contributed by atoms with Crippen molar-refractivity contribution in [2.24, 2.45) is 5.73 Å². The Kier molecular flexibility index (Phi) is 5.03. The van der Waals surface area contributed by atoms with Crippen LogP contribution in [-0.4, -0.2) is 5.84 Å². The highest BCUT2D eigenvalue weighted by atomic mass is 35.5. The Morgan fingerprint density at radius 3 is 2.50 bits per heavy atom. The van der Waals surface area contributed by atoms with Gasteiger partial charge in [0.2, 0.25) is 5.82 Å². The summed E-state index contributed by atoms with van der Waals surface area (Å²) in [5.41, 5.74) is 15.2. The van der Waals surface area contributed by atoms with Crippen LogP contribution in [0.5, 0.6) is 5.75 Å². The monoisotopic (exact) mass is 393 g/mol. The third-order valence-corrected chi connectivity index (χ3v) is 5.41. The molecule has 2 aromatic carbocycles. The van der Waals surface area contributed by atoms with Crippen molar-refractivity contribution in [1.82, 2.24) is 0 Å². The minimum absolute atomic E-state index is 0.0424. The minimum atomic E-state index is -0.0810. The Hall–Kier alpha value is -2.89. The van der Waals surface area contributed by atoms with Crippen LogP contribution in [0.3, 0.4) is 0 Å². The average molecular weight is 394 g/mol. The maximum absolute atomic E-state index is 8.54. The van der Waals surface area contributed by atoms with Gasteiger partial charge in [-0.25, -0.2) is 0 Å². The molecule has 0 bridgehead atoms. The van der Waals surface area contributed by atoms with Crippen LogP contribution in [0.25, 0.3) is 0 Å². The lowest BCUT2D eigenvalue weighted by atomic mass is 9.86. The van der Waals surface area contributed by atoms with Crippen molar-refractivity contribution < 1.29 is 9.30 Å². The number of pyridine rings is 1. The molecule has 142 valence electrons. The van der Waals surface area contributed by atoms with Gasteiger partial charge in [-0.2, -0.15) is 9.98 Å². The molecule has 4 rings (SSSR count). The van der Waals surface area contributed by atoms with Crippen molar-refractivity contribution in [3.63, 3.8) is 0 Å².